The third-order valence-corrected chi connectivity index (χ3v) is 4.29. The molecule has 1 aromatic heterocycles. The molecule has 8 heteroatoms. The number of benzene rings is 1. The second-order valence-corrected chi connectivity index (χ2v) is 6.63. The Bertz CT molecular complexity index is 691. The summed E-state index contributed by atoms with van der Waals surface area (Å²) in [6.07, 6.45) is 0. The Morgan fingerprint density at radius 3 is 2.79 bits per heavy atom. The van der Waals surface area contributed by atoms with E-state index in [2.05, 4.69) is 34.7 Å². The second-order valence-electron chi connectivity index (χ2n) is 5.80. The van der Waals surface area contributed by atoms with Gasteiger partial charge in [0.25, 0.3) is 0 Å². The highest BCUT2D eigenvalue weighted by Crippen LogP contribution is 2.34. The molecule has 2 aromatic rings. The largest absolute Gasteiger partial charge is 0.486 e. The van der Waals surface area contributed by atoms with E-state index in [1.165, 1.54) is 11.3 Å². The molecule has 0 fully saturated rings. The summed E-state index contributed by atoms with van der Waals surface area (Å²) in [7, 11) is 0. The molecule has 0 saturated carbocycles. The van der Waals surface area contributed by atoms with Gasteiger partial charge < -0.3 is 14.8 Å². The van der Waals surface area contributed by atoms with E-state index in [1.807, 2.05) is 18.2 Å². The molecule has 1 atom stereocenters. The number of hydrogen-bond acceptors (Lipinski definition) is 7. The van der Waals surface area contributed by atoms with Crippen LogP contribution in [0.15, 0.2) is 23.7 Å². The Balaban J connectivity index is 1.65. The van der Waals surface area contributed by atoms with Crippen LogP contribution < -0.4 is 20.1 Å². The first kappa shape index (κ1) is 16.7. The lowest BCUT2D eigenvalue weighted by Crippen LogP contribution is -2.33. The monoisotopic (exact) mass is 348 g/mol. The van der Waals surface area contributed by atoms with Crippen LogP contribution in [0.3, 0.4) is 0 Å². The van der Waals surface area contributed by atoms with E-state index in [0.29, 0.717) is 24.3 Å². The lowest BCUT2D eigenvalue weighted by Gasteiger charge is -2.25. The first-order valence-electron chi connectivity index (χ1n) is 7.82. The van der Waals surface area contributed by atoms with Crippen molar-refractivity contribution in [2.45, 2.75) is 19.9 Å². The van der Waals surface area contributed by atoms with Crippen LogP contribution in [-0.4, -0.2) is 35.9 Å². The van der Waals surface area contributed by atoms with Gasteiger partial charge in [0.05, 0.1) is 6.54 Å². The van der Waals surface area contributed by atoms with Crippen LogP contribution in [0.5, 0.6) is 11.5 Å². The van der Waals surface area contributed by atoms with Crippen molar-refractivity contribution in [1.29, 1.82) is 0 Å². The van der Waals surface area contributed by atoms with Crippen molar-refractivity contribution in [1.82, 2.24) is 15.5 Å². The van der Waals surface area contributed by atoms with E-state index in [-0.39, 0.29) is 18.5 Å². The first-order valence-corrected chi connectivity index (χ1v) is 8.70. The summed E-state index contributed by atoms with van der Waals surface area (Å²) in [5.74, 6) is 1.68. The number of aromatic nitrogens is 2. The van der Waals surface area contributed by atoms with Gasteiger partial charge in [0.1, 0.15) is 18.7 Å². The number of nitrogens with one attached hydrogen (secondary N) is 2. The number of carbonyl (C=O) groups excluding carboxylic acids is 1. The fourth-order valence-electron chi connectivity index (χ4n) is 2.59. The lowest BCUT2D eigenvalue weighted by atomic mass is 9.95. The SMILES string of the molecule is CC(C)[C@H](NCC(=O)Nc1nncs1)c1ccc2c(c1)OCCO2. The number of nitrogens with zero attached hydrogens (tertiary/aromatic N) is 2. The number of fused-ring (bicyclic) bond motifs is 1. The minimum absolute atomic E-state index is 0.0287. The van der Waals surface area contributed by atoms with Crippen molar-refractivity contribution in [2.24, 2.45) is 5.92 Å². The zero-order chi connectivity index (χ0) is 16.9. The topological polar surface area (TPSA) is 85.4 Å². The van der Waals surface area contributed by atoms with Gasteiger partial charge in [-0.2, -0.15) is 0 Å². The molecule has 2 N–H and O–H groups in total. The second kappa shape index (κ2) is 7.59. The lowest BCUT2D eigenvalue weighted by molar-refractivity contribution is -0.115. The van der Waals surface area contributed by atoms with E-state index in [1.54, 1.807) is 5.51 Å². The van der Waals surface area contributed by atoms with Crippen molar-refractivity contribution in [3.63, 3.8) is 0 Å². The van der Waals surface area contributed by atoms with Crippen molar-refractivity contribution < 1.29 is 14.3 Å². The number of ether oxygens (including phenoxy) is 2. The molecular formula is C16H20N4O3S. The van der Waals surface area contributed by atoms with Crippen LogP contribution >= 0.6 is 11.3 Å². The maximum Gasteiger partial charge on any atom is 0.240 e. The molecule has 1 aliphatic rings. The predicted molar refractivity (Wildman–Crippen MR) is 91.6 cm³/mol. The summed E-state index contributed by atoms with van der Waals surface area (Å²) < 4.78 is 11.2. The summed E-state index contributed by atoms with van der Waals surface area (Å²) in [5, 5.41) is 14.0. The third-order valence-electron chi connectivity index (χ3n) is 3.68. The van der Waals surface area contributed by atoms with E-state index >= 15 is 0 Å². The molecular weight excluding hydrogens is 328 g/mol. The molecule has 0 bridgehead atoms. The number of carbonyl (C=O) groups is 1. The Morgan fingerprint density at radius 1 is 1.29 bits per heavy atom. The molecule has 24 heavy (non-hydrogen) atoms. The van der Waals surface area contributed by atoms with Gasteiger partial charge in [-0.05, 0) is 23.6 Å². The highest BCUT2D eigenvalue weighted by atomic mass is 32.1. The summed E-state index contributed by atoms with van der Waals surface area (Å²) >= 11 is 1.29. The van der Waals surface area contributed by atoms with Gasteiger partial charge in [0, 0.05) is 6.04 Å². The van der Waals surface area contributed by atoms with Gasteiger partial charge >= 0.3 is 0 Å². The number of amides is 1. The smallest absolute Gasteiger partial charge is 0.240 e. The van der Waals surface area contributed by atoms with Gasteiger partial charge in [-0.15, -0.1) is 10.2 Å². The van der Waals surface area contributed by atoms with Crippen LogP contribution in [0.25, 0.3) is 0 Å². The number of anilines is 1. The van der Waals surface area contributed by atoms with Crippen molar-refractivity contribution in [3.05, 3.63) is 29.3 Å². The number of rotatable bonds is 6. The molecule has 3 rings (SSSR count). The van der Waals surface area contributed by atoms with Crippen LogP contribution in [0, 0.1) is 5.92 Å². The van der Waals surface area contributed by atoms with Gasteiger partial charge in [-0.25, -0.2) is 0 Å². The Kier molecular flexibility index (Phi) is 5.27. The third kappa shape index (κ3) is 4.01. The minimum atomic E-state index is -0.144. The van der Waals surface area contributed by atoms with Crippen LogP contribution in [-0.2, 0) is 4.79 Å². The fraction of sp³-hybridized carbons (Fsp3) is 0.438. The van der Waals surface area contributed by atoms with E-state index in [9.17, 15) is 4.79 Å². The highest BCUT2D eigenvalue weighted by molar-refractivity contribution is 7.13. The molecule has 0 aliphatic carbocycles. The Hall–Kier alpha value is -2.19. The van der Waals surface area contributed by atoms with E-state index in [4.69, 9.17) is 9.47 Å². The van der Waals surface area contributed by atoms with Crippen molar-refractivity contribution >= 4 is 22.4 Å². The molecule has 1 aromatic carbocycles. The summed E-state index contributed by atoms with van der Waals surface area (Å²) in [6.45, 7) is 5.54. The van der Waals surface area contributed by atoms with Crippen LogP contribution in [0.1, 0.15) is 25.5 Å². The van der Waals surface area contributed by atoms with Crippen molar-refractivity contribution in [3.8, 4) is 11.5 Å². The molecule has 0 saturated heterocycles. The van der Waals surface area contributed by atoms with Gasteiger partial charge in [-0.1, -0.05) is 31.3 Å². The van der Waals surface area contributed by atoms with Crippen molar-refractivity contribution in [2.75, 3.05) is 25.1 Å². The molecule has 2 heterocycles. The van der Waals surface area contributed by atoms with Crippen LogP contribution in [0.2, 0.25) is 0 Å². The first-order chi connectivity index (χ1) is 11.6. The average Bonchev–Trinajstić information content (AvgIpc) is 3.07. The maximum absolute atomic E-state index is 12.0. The van der Waals surface area contributed by atoms with Gasteiger partial charge in [0.15, 0.2) is 11.5 Å². The van der Waals surface area contributed by atoms with E-state index in [0.717, 1.165) is 17.1 Å². The quantitative estimate of drug-likeness (QED) is 0.833. The predicted octanol–water partition coefficient (Wildman–Crippen LogP) is 2.23. The Morgan fingerprint density at radius 2 is 2.08 bits per heavy atom. The standard InChI is InChI=1S/C16H20N4O3S/c1-10(2)15(17-8-14(21)19-16-20-18-9-24-16)11-3-4-12-13(7-11)23-6-5-22-12/h3-4,7,9-10,15,17H,5-6,8H2,1-2H3,(H,19,20,21)/t15-/m0/s1. The zero-order valence-corrected chi connectivity index (χ0v) is 14.4. The molecule has 0 radical (unpaired) electrons. The maximum atomic E-state index is 12.0. The number of hydrogen-bond donors (Lipinski definition) is 2. The fourth-order valence-corrected chi connectivity index (χ4v) is 3.05. The molecule has 1 amide bonds. The molecule has 7 nitrogen and oxygen atoms in total. The Labute approximate surface area is 144 Å². The van der Waals surface area contributed by atoms with Gasteiger partial charge in [-0.3, -0.25) is 10.1 Å². The summed E-state index contributed by atoms with van der Waals surface area (Å²) in [5.41, 5.74) is 2.65. The molecule has 1 aliphatic heterocycles. The zero-order valence-electron chi connectivity index (χ0n) is 13.6. The minimum Gasteiger partial charge on any atom is -0.486 e. The average molecular weight is 348 g/mol. The van der Waals surface area contributed by atoms with Gasteiger partial charge in [0.2, 0.25) is 11.0 Å². The normalized spacial score (nSPS) is 14.5. The molecule has 0 unspecified atom stereocenters. The summed E-state index contributed by atoms with van der Waals surface area (Å²) in [6, 6.07) is 5.94. The molecule has 128 valence electrons. The summed E-state index contributed by atoms with van der Waals surface area (Å²) in [4.78, 5) is 12.0. The van der Waals surface area contributed by atoms with E-state index < -0.39 is 0 Å². The van der Waals surface area contributed by atoms with Crippen LogP contribution in [0.4, 0.5) is 5.13 Å². The molecule has 0 spiro atoms. The highest BCUT2D eigenvalue weighted by Gasteiger charge is 2.20.